The zero-order valence-corrected chi connectivity index (χ0v) is 12.2. The van der Waals surface area contributed by atoms with Crippen molar-refractivity contribution in [1.29, 1.82) is 0 Å². The second-order valence-corrected chi connectivity index (χ2v) is 6.70. The first-order chi connectivity index (χ1) is 10.7. The van der Waals surface area contributed by atoms with Crippen LogP contribution in [0.5, 0.6) is 0 Å². The largest absolute Gasteiger partial charge is 0.481 e. The van der Waals surface area contributed by atoms with Crippen LogP contribution in [-0.4, -0.2) is 17.0 Å². The van der Waals surface area contributed by atoms with E-state index in [-0.39, 0.29) is 17.7 Å². The molecule has 114 valence electrons. The molecule has 1 aromatic carbocycles. The van der Waals surface area contributed by atoms with E-state index in [0.717, 1.165) is 12.0 Å². The Bertz CT molecular complexity index is 639. The summed E-state index contributed by atoms with van der Waals surface area (Å²) in [6.07, 6.45) is 5.21. The standard InChI is InChI=1S/C18H19NO3/c20-17(19-9-10-4-2-1-3-5-10)15-11-6-7-12(14-8-13(11)14)16(15)18(21)22/h1-7,11-16H,8-9H2,(H,19,20)(H,21,22)/t11-,12+,13+,14-,15+,16-/m1/s1. The van der Waals surface area contributed by atoms with E-state index in [1.165, 1.54) is 0 Å². The highest BCUT2D eigenvalue weighted by Crippen LogP contribution is 2.63. The number of benzene rings is 1. The number of carbonyl (C=O) groups excluding carboxylic acids is 1. The molecule has 4 aliphatic carbocycles. The highest BCUT2D eigenvalue weighted by atomic mass is 16.4. The van der Waals surface area contributed by atoms with Crippen molar-refractivity contribution >= 4 is 11.9 Å². The van der Waals surface area contributed by atoms with Crippen LogP contribution in [-0.2, 0) is 16.1 Å². The summed E-state index contributed by atoms with van der Waals surface area (Å²) in [6.45, 7) is 0.456. The Morgan fingerprint density at radius 3 is 2.32 bits per heavy atom. The summed E-state index contributed by atoms with van der Waals surface area (Å²) in [5.74, 6) is -0.751. The Balaban J connectivity index is 1.51. The van der Waals surface area contributed by atoms with Crippen LogP contribution in [0.4, 0.5) is 0 Å². The number of allylic oxidation sites excluding steroid dienone is 2. The number of aliphatic carboxylic acids is 1. The summed E-state index contributed by atoms with van der Waals surface area (Å²) in [5, 5.41) is 12.5. The third-order valence-electron chi connectivity index (χ3n) is 5.55. The molecule has 1 aromatic rings. The third kappa shape index (κ3) is 2.05. The fourth-order valence-electron chi connectivity index (χ4n) is 4.47. The van der Waals surface area contributed by atoms with Crippen molar-refractivity contribution in [2.24, 2.45) is 35.5 Å². The van der Waals surface area contributed by atoms with Crippen molar-refractivity contribution in [1.82, 2.24) is 5.32 Å². The molecule has 2 saturated carbocycles. The van der Waals surface area contributed by atoms with Gasteiger partial charge in [-0.25, -0.2) is 0 Å². The number of amides is 1. The highest BCUT2D eigenvalue weighted by Gasteiger charge is 2.62. The number of hydrogen-bond acceptors (Lipinski definition) is 2. The van der Waals surface area contributed by atoms with Gasteiger partial charge in [0.05, 0.1) is 11.8 Å². The number of carboxylic acids is 1. The Hall–Kier alpha value is -2.10. The van der Waals surface area contributed by atoms with Crippen molar-refractivity contribution in [3.05, 3.63) is 48.0 Å². The summed E-state index contributed by atoms with van der Waals surface area (Å²) in [7, 11) is 0. The molecule has 4 nitrogen and oxygen atoms in total. The maximum absolute atomic E-state index is 12.6. The van der Waals surface area contributed by atoms with E-state index in [4.69, 9.17) is 0 Å². The quantitative estimate of drug-likeness (QED) is 0.836. The lowest BCUT2D eigenvalue weighted by molar-refractivity contribution is -0.153. The van der Waals surface area contributed by atoms with Gasteiger partial charge in [0.25, 0.3) is 0 Å². The molecule has 5 rings (SSSR count). The number of fused-ring (bicyclic) bond motifs is 1. The number of carbonyl (C=O) groups is 2. The van der Waals surface area contributed by atoms with E-state index in [9.17, 15) is 14.7 Å². The second-order valence-electron chi connectivity index (χ2n) is 6.70. The van der Waals surface area contributed by atoms with Crippen LogP contribution in [0.2, 0.25) is 0 Å². The molecule has 0 aromatic heterocycles. The van der Waals surface area contributed by atoms with Gasteiger partial charge in [0.15, 0.2) is 0 Å². The summed E-state index contributed by atoms with van der Waals surface area (Å²) >= 11 is 0. The molecule has 0 unspecified atom stereocenters. The molecule has 4 heteroatoms. The molecule has 0 aliphatic heterocycles. The van der Waals surface area contributed by atoms with Crippen molar-refractivity contribution in [3.8, 4) is 0 Å². The van der Waals surface area contributed by atoms with Gasteiger partial charge in [0.1, 0.15) is 0 Å². The minimum absolute atomic E-state index is 0.0416. The summed E-state index contributed by atoms with van der Waals surface area (Å²) in [4.78, 5) is 24.3. The number of rotatable bonds is 4. The molecule has 0 spiro atoms. The lowest BCUT2D eigenvalue weighted by Crippen LogP contribution is -2.49. The van der Waals surface area contributed by atoms with Gasteiger partial charge in [-0.3, -0.25) is 9.59 Å². The fourth-order valence-corrected chi connectivity index (χ4v) is 4.47. The predicted octanol–water partition coefficient (Wildman–Crippen LogP) is 2.07. The predicted molar refractivity (Wildman–Crippen MR) is 80.6 cm³/mol. The Morgan fingerprint density at radius 2 is 1.68 bits per heavy atom. The van der Waals surface area contributed by atoms with Gasteiger partial charge in [-0.15, -0.1) is 0 Å². The molecule has 2 N–H and O–H groups in total. The molecular formula is C18H19NO3. The first-order valence-electron chi connectivity index (χ1n) is 7.89. The molecule has 0 heterocycles. The Morgan fingerprint density at radius 1 is 1.05 bits per heavy atom. The van der Waals surface area contributed by atoms with E-state index in [0.29, 0.717) is 18.4 Å². The molecule has 2 fully saturated rings. The van der Waals surface area contributed by atoms with Crippen LogP contribution in [0, 0.1) is 35.5 Å². The molecule has 1 amide bonds. The van der Waals surface area contributed by atoms with Gasteiger partial charge in [0, 0.05) is 6.54 Å². The van der Waals surface area contributed by atoms with Crippen molar-refractivity contribution in [2.75, 3.05) is 0 Å². The molecule has 6 atom stereocenters. The SMILES string of the molecule is O=C(O)[C@@H]1[C@H]2C=C[C@H]([C@@H]3C[C@H]23)[C@@H]1C(=O)NCc1ccccc1. The van der Waals surface area contributed by atoms with Gasteiger partial charge < -0.3 is 10.4 Å². The van der Waals surface area contributed by atoms with Gasteiger partial charge in [-0.2, -0.15) is 0 Å². The molecular weight excluding hydrogens is 278 g/mol. The lowest BCUT2D eigenvalue weighted by Gasteiger charge is -2.41. The maximum atomic E-state index is 12.6. The van der Waals surface area contributed by atoms with Crippen molar-refractivity contribution in [3.63, 3.8) is 0 Å². The van der Waals surface area contributed by atoms with E-state index in [1.54, 1.807) is 0 Å². The highest BCUT2D eigenvalue weighted by molar-refractivity contribution is 5.86. The van der Waals surface area contributed by atoms with Crippen LogP contribution in [0.1, 0.15) is 12.0 Å². The van der Waals surface area contributed by atoms with Crippen LogP contribution in [0.3, 0.4) is 0 Å². The molecule has 0 radical (unpaired) electrons. The Kier molecular flexibility index (Phi) is 3.06. The zero-order valence-electron chi connectivity index (χ0n) is 12.2. The molecule has 2 bridgehead atoms. The molecule has 0 saturated heterocycles. The number of nitrogens with one attached hydrogen (secondary N) is 1. The van der Waals surface area contributed by atoms with E-state index in [1.807, 2.05) is 36.4 Å². The number of hydrogen-bond donors (Lipinski definition) is 2. The molecule has 22 heavy (non-hydrogen) atoms. The summed E-state index contributed by atoms with van der Waals surface area (Å²) < 4.78 is 0. The van der Waals surface area contributed by atoms with E-state index >= 15 is 0 Å². The van der Waals surface area contributed by atoms with E-state index in [2.05, 4.69) is 11.4 Å². The average molecular weight is 297 g/mol. The lowest BCUT2D eigenvalue weighted by atomic mass is 9.62. The van der Waals surface area contributed by atoms with Crippen LogP contribution >= 0.6 is 0 Å². The minimum atomic E-state index is -0.829. The average Bonchev–Trinajstić information content (AvgIpc) is 3.35. The summed E-state index contributed by atoms with van der Waals surface area (Å²) in [6, 6.07) is 9.71. The Labute approximate surface area is 129 Å². The minimum Gasteiger partial charge on any atom is -0.481 e. The monoisotopic (exact) mass is 297 g/mol. The smallest absolute Gasteiger partial charge is 0.307 e. The van der Waals surface area contributed by atoms with Gasteiger partial charge in [0.2, 0.25) is 5.91 Å². The number of carboxylic acid groups (broad SMARTS) is 1. The van der Waals surface area contributed by atoms with Crippen LogP contribution < -0.4 is 5.32 Å². The van der Waals surface area contributed by atoms with E-state index < -0.39 is 17.8 Å². The van der Waals surface area contributed by atoms with Crippen molar-refractivity contribution in [2.45, 2.75) is 13.0 Å². The van der Waals surface area contributed by atoms with Gasteiger partial charge in [-0.05, 0) is 35.7 Å². The van der Waals surface area contributed by atoms with Crippen LogP contribution in [0.25, 0.3) is 0 Å². The third-order valence-corrected chi connectivity index (χ3v) is 5.55. The topological polar surface area (TPSA) is 66.4 Å². The normalized spacial score (nSPS) is 37.5. The zero-order chi connectivity index (χ0) is 15.3. The fraction of sp³-hybridized carbons (Fsp3) is 0.444. The molecule has 4 aliphatic rings. The summed E-state index contributed by atoms with van der Waals surface area (Å²) in [5.41, 5.74) is 1.03. The first kappa shape index (κ1) is 13.6. The van der Waals surface area contributed by atoms with Crippen LogP contribution in [0.15, 0.2) is 42.5 Å². The van der Waals surface area contributed by atoms with Gasteiger partial charge in [-0.1, -0.05) is 42.5 Å². The second kappa shape index (κ2) is 4.97. The van der Waals surface area contributed by atoms with Crippen molar-refractivity contribution < 1.29 is 14.7 Å². The van der Waals surface area contributed by atoms with Gasteiger partial charge >= 0.3 is 5.97 Å². The first-order valence-corrected chi connectivity index (χ1v) is 7.89. The maximum Gasteiger partial charge on any atom is 0.307 e.